The van der Waals surface area contributed by atoms with Crippen molar-refractivity contribution in [1.29, 1.82) is 0 Å². The van der Waals surface area contributed by atoms with E-state index in [-0.39, 0.29) is 11.9 Å². The van der Waals surface area contributed by atoms with Crippen LogP contribution in [0.15, 0.2) is 36.9 Å². The normalized spacial score (nSPS) is 20.6. The van der Waals surface area contributed by atoms with Gasteiger partial charge in [-0.25, -0.2) is 0 Å². The molecular weight excluding hydrogens is 280 g/mol. The Morgan fingerprint density at radius 3 is 2.95 bits per heavy atom. The summed E-state index contributed by atoms with van der Waals surface area (Å²) in [4.78, 5) is 14.4. The molecule has 2 N–H and O–H groups in total. The third kappa shape index (κ3) is 4.08. The molecule has 1 aliphatic heterocycles. The van der Waals surface area contributed by atoms with E-state index in [0.29, 0.717) is 32.7 Å². The Balaban J connectivity index is 2.11. The zero-order valence-corrected chi connectivity index (χ0v) is 13.0. The van der Waals surface area contributed by atoms with Crippen molar-refractivity contribution < 1.29 is 14.6 Å². The number of carbonyl (C=O) groups excluding carboxylic acids is 1. The molecule has 0 aromatic heterocycles. The number of para-hydroxylation sites is 1. The molecule has 0 spiro atoms. The Labute approximate surface area is 131 Å². The third-order valence-corrected chi connectivity index (χ3v) is 3.70. The number of amides is 1. The largest absolute Gasteiger partial charge is 0.494 e. The van der Waals surface area contributed by atoms with Crippen molar-refractivity contribution >= 4 is 5.91 Å². The average molecular weight is 304 g/mol. The van der Waals surface area contributed by atoms with Crippen molar-refractivity contribution in [3.8, 4) is 5.75 Å². The maximum atomic E-state index is 12.6. The maximum absolute atomic E-state index is 12.6. The summed E-state index contributed by atoms with van der Waals surface area (Å²) in [7, 11) is 0. The van der Waals surface area contributed by atoms with Gasteiger partial charge in [-0.3, -0.25) is 4.79 Å². The first-order chi connectivity index (χ1) is 10.7. The Morgan fingerprint density at radius 1 is 1.55 bits per heavy atom. The zero-order chi connectivity index (χ0) is 15.9. The van der Waals surface area contributed by atoms with Gasteiger partial charge in [-0.2, -0.15) is 0 Å². The number of β-amino-alcohol motifs (C(OH)–C–C–N with tert-alkyl or cyclic N) is 1. The van der Waals surface area contributed by atoms with Crippen LogP contribution in [0.3, 0.4) is 0 Å². The molecule has 2 atom stereocenters. The third-order valence-electron chi connectivity index (χ3n) is 3.70. The van der Waals surface area contributed by atoms with E-state index in [1.807, 2.05) is 31.2 Å². The first-order valence-electron chi connectivity index (χ1n) is 7.67. The zero-order valence-electron chi connectivity index (χ0n) is 13.0. The van der Waals surface area contributed by atoms with Crippen LogP contribution in [0.4, 0.5) is 0 Å². The second-order valence-electron chi connectivity index (χ2n) is 5.40. The average Bonchev–Trinajstić information content (AvgIpc) is 2.95. The van der Waals surface area contributed by atoms with E-state index in [1.54, 1.807) is 11.0 Å². The number of aliphatic hydroxyl groups excluding tert-OH is 1. The van der Waals surface area contributed by atoms with E-state index in [1.165, 1.54) is 0 Å². The summed E-state index contributed by atoms with van der Waals surface area (Å²) in [6, 6.07) is 7.40. The van der Waals surface area contributed by atoms with Gasteiger partial charge in [0, 0.05) is 25.2 Å². The Kier molecular flexibility index (Phi) is 5.98. The number of hydrogen-bond donors (Lipinski definition) is 2. The monoisotopic (exact) mass is 304 g/mol. The molecule has 1 aliphatic rings. The predicted octanol–water partition coefficient (Wildman–Crippen LogP) is 1.32. The highest BCUT2D eigenvalue weighted by Crippen LogP contribution is 2.21. The van der Waals surface area contributed by atoms with Crippen LogP contribution in [0.1, 0.15) is 18.9 Å². The van der Waals surface area contributed by atoms with Gasteiger partial charge in [0.25, 0.3) is 0 Å². The number of hydrogen-bond acceptors (Lipinski definition) is 4. The van der Waals surface area contributed by atoms with E-state index in [9.17, 15) is 9.90 Å². The molecule has 1 amide bonds. The minimum atomic E-state index is -0.449. The first kappa shape index (κ1) is 16.5. The Bertz CT molecular complexity index is 518. The van der Waals surface area contributed by atoms with Gasteiger partial charge >= 0.3 is 0 Å². The molecule has 5 heteroatoms. The van der Waals surface area contributed by atoms with Crippen LogP contribution in [0, 0.1) is 0 Å². The van der Waals surface area contributed by atoms with Crippen LogP contribution < -0.4 is 10.1 Å². The summed E-state index contributed by atoms with van der Waals surface area (Å²) < 4.78 is 5.62. The minimum absolute atomic E-state index is 0.0113. The van der Waals surface area contributed by atoms with Gasteiger partial charge < -0.3 is 20.1 Å². The molecule has 0 radical (unpaired) electrons. The van der Waals surface area contributed by atoms with Crippen molar-refractivity contribution in [3.63, 3.8) is 0 Å². The standard InChI is InChI=1S/C17H24N2O3/c1-3-9-19(17(21)15-10-14(20)11-18-15)12-13-7-5-6-8-16(13)22-4-2/h3,5-8,14-15,18,20H,1,4,9-12H2,2H3/t14-,15+/m1/s1. The van der Waals surface area contributed by atoms with Gasteiger partial charge in [0.15, 0.2) is 0 Å². The van der Waals surface area contributed by atoms with Gasteiger partial charge in [-0.05, 0) is 19.4 Å². The number of carbonyl (C=O) groups is 1. The molecule has 5 nitrogen and oxygen atoms in total. The highest BCUT2D eigenvalue weighted by molar-refractivity contribution is 5.82. The molecule has 2 rings (SSSR count). The molecule has 120 valence electrons. The number of rotatable bonds is 7. The fraction of sp³-hybridized carbons (Fsp3) is 0.471. The lowest BCUT2D eigenvalue weighted by molar-refractivity contribution is -0.133. The van der Waals surface area contributed by atoms with Gasteiger partial charge in [-0.15, -0.1) is 6.58 Å². The molecule has 0 unspecified atom stereocenters. The number of aliphatic hydroxyl groups is 1. The van der Waals surface area contributed by atoms with Gasteiger partial charge in [0.2, 0.25) is 5.91 Å². The summed E-state index contributed by atoms with van der Waals surface area (Å²) in [6.07, 6.45) is 1.72. The summed E-state index contributed by atoms with van der Waals surface area (Å²) in [6.45, 7) is 7.65. The van der Waals surface area contributed by atoms with Crippen molar-refractivity contribution in [3.05, 3.63) is 42.5 Å². The molecular formula is C17H24N2O3. The molecule has 1 fully saturated rings. The van der Waals surface area contributed by atoms with Crippen molar-refractivity contribution in [2.45, 2.75) is 32.0 Å². The van der Waals surface area contributed by atoms with Gasteiger partial charge in [-0.1, -0.05) is 24.3 Å². The molecule has 0 bridgehead atoms. The predicted molar refractivity (Wildman–Crippen MR) is 85.6 cm³/mol. The lowest BCUT2D eigenvalue weighted by Crippen LogP contribution is -2.43. The first-order valence-corrected chi connectivity index (χ1v) is 7.67. The smallest absolute Gasteiger partial charge is 0.240 e. The fourth-order valence-electron chi connectivity index (χ4n) is 2.65. The lowest BCUT2D eigenvalue weighted by Gasteiger charge is -2.25. The summed E-state index contributed by atoms with van der Waals surface area (Å²) in [5, 5.41) is 12.7. The highest BCUT2D eigenvalue weighted by Gasteiger charge is 2.31. The van der Waals surface area contributed by atoms with Crippen molar-refractivity contribution in [1.82, 2.24) is 10.2 Å². The number of ether oxygens (including phenoxy) is 1. The summed E-state index contributed by atoms with van der Waals surface area (Å²) in [5.74, 6) is 0.786. The molecule has 1 saturated heterocycles. The SMILES string of the molecule is C=CCN(Cc1ccccc1OCC)C(=O)[C@@H]1C[C@@H](O)CN1. The summed E-state index contributed by atoms with van der Waals surface area (Å²) in [5.41, 5.74) is 0.970. The Morgan fingerprint density at radius 2 is 2.32 bits per heavy atom. The molecule has 1 aromatic carbocycles. The molecule has 1 aromatic rings. The second-order valence-corrected chi connectivity index (χ2v) is 5.40. The lowest BCUT2D eigenvalue weighted by atomic mass is 10.1. The van der Waals surface area contributed by atoms with Gasteiger partial charge in [0.1, 0.15) is 5.75 Å². The maximum Gasteiger partial charge on any atom is 0.240 e. The van der Waals surface area contributed by atoms with Crippen LogP contribution in [0.2, 0.25) is 0 Å². The topological polar surface area (TPSA) is 61.8 Å². The van der Waals surface area contributed by atoms with Crippen LogP contribution in [0.5, 0.6) is 5.75 Å². The van der Waals surface area contributed by atoms with Crippen LogP contribution in [0.25, 0.3) is 0 Å². The molecule has 22 heavy (non-hydrogen) atoms. The van der Waals surface area contributed by atoms with E-state index in [0.717, 1.165) is 11.3 Å². The second kappa shape index (κ2) is 7.96. The highest BCUT2D eigenvalue weighted by atomic mass is 16.5. The fourth-order valence-corrected chi connectivity index (χ4v) is 2.65. The van der Waals surface area contributed by atoms with Crippen molar-refractivity contribution in [2.75, 3.05) is 19.7 Å². The summed E-state index contributed by atoms with van der Waals surface area (Å²) >= 11 is 0. The quantitative estimate of drug-likeness (QED) is 0.746. The molecule has 1 heterocycles. The van der Waals surface area contributed by atoms with E-state index < -0.39 is 6.10 Å². The van der Waals surface area contributed by atoms with E-state index in [4.69, 9.17) is 4.74 Å². The van der Waals surface area contributed by atoms with Crippen LogP contribution in [-0.2, 0) is 11.3 Å². The van der Waals surface area contributed by atoms with E-state index in [2.05, 4.69) is 11.9 Å². The van der Waals surface area contributed by atoms with Crippen LogP contribution >= 0.6 is 0 Å². The minimum Gasteiger partial charge on any atom is -0.494 e. The van der Waals surface area contributed by atoms with E-state index >= 15 is 0 Å². The van der Waals surface area contributed by atoms with Gasteiger partial charge in [0.05, 0.1) is 18.8 Å². The molecule has 0 aliphatic carbocycles. The molecule has 0 saturated carbocycles. The number of nitrogens with zero attached hydrogens (tertiary/aromatic N) is 1. The number of nitrogens with one attached hydrogen (secondary N) is 1. The van der Waals surface area contributed by atoms with Crippen molar-refractivity contribution in [2.24, 2.45) is 0 Å². The number of benzene rings is 1. The Hall–Kier alpha value is -1.85. The van der Waals surface area contributed by atoms with Crippen LogP contribution in [-0.4, -0.2) is 47.8 Å².